The highest BCUT2D eigenvalue weighted by Crippen LogP contribution is 2.26. The van der Waals surface area contributed by atoms with Gasteiger partial charge < -0.3 is 14.6 Å². The smallest absolute Gasteiger partial charge is 0.290 e. The molecule has 1 atom stereocenters. The Morgan fingerprint density at radius 2 is 1.74 bits per heavy atom. The molecule has 0 saturated heterocycles. The van der Waals surface area contributed by atoms with Crippen LogP contribution in [0.3, 0.4) is 0 Å². The summed E-state index contributed by atoms with van der Waals surface area (Å²) in [4.78, 5) is 27.3. The van der Waals surface area contributed by atoms with Crippen molar-refractivity contribution < 1.29 is 18.4 Å². The third-order valence-corrected chi connectivity index (χ3v) is 4.66. The van der Waals surface area contributed by atoms with E-state index in [0.29, 0.717) is 18.7 Å². The van der Waals surface area contributed by atoms with E-state index in [0.717, 1.165) is 11.1 Å². The molecule has 2 aromatic carbocycles. The molecule has 5 nitrogen and oxygen atoms in total. The van der Waals surface area contributed by atoms with Crippen molar-refractivity contribution in [3.05, 3.63) is 89.6 Å². The summed E-state index contributed by atoms with van der Waals surface area (Å²) in [5, 5.41) is 2.77. The van der Waals surface area contributed by atoms with E-state index in [-0.39, 0.29) is 23.4 Å². The van der Waals surface area contributed by atoms with Crippen LogP contribution in [0.2, 0.25) is 0 Å². The second-order valence-electron chi connectivity index (χ2n) is 6.40. The van der Waals surface area contributed by atoms with Crippen molar-refractivity contribution in [2.45, 2.75) is 19.0 Å². The van der Waals surface area contributed by atoms with Crippen LogP contribution in [0, 0.1) is 5.82 Å². The van der Waals surface area contributed by atoms with Gasteiger partial charge in [0.15, 0.2) is 5.76 Å². The lowest BCUT2D eigenvalue weighted by Gasteiger charge is -2.35. The van der Waals surface area contributed by atoms with Crippen LogP contribution in [-0.4, -0.2) is 22.8 Å². The summed E-state index contributed by atoms with van der Waals surface area (Å²) in [6, 6.07) is 15.8. The summed E-state index contributed by atoms with van der Waals surface area (Å²) in [5.74, 6) is -0.854. The number of rotatable bonds is 3. The van der Waals surface area contributed by atoms with Gasteiger partial charge in [-0.2, -0.15) is 0 Å². The minimum Gasteiger partial charge on any atom is -0.459 e. The average Bonchev–Trinajstić information content (AvgIpc) is 3.23. The largest absolute Gasteiger partial charge is 0.459 e. The molecular weight excluding hydrogens is 347 g/mol. The van der Waals surface area contributed by atoms with Crippen molar-refractivity contribution in [2.24, 2.45) is 0 Å². The number of nitrogens with zero attached hydrogens (tertiary/aromatic N) is 1. The van der Waals surface area contributed by atoms with E-state index < -0.39 is 6.04 Å². The number of benzene rings is 2. The maximum Gasteiger partial charge on any atom is 0.290 e. The van der Waals surface area contributed by atoms with Crippen LogP contribution < -0.4 is 5.32 Å². The Balaban J connectivity index is 1.63. The van der Waals surface area contributed by atoms with E-state index >= 15 is 0 Å². The first-order chi connectivity index (χ1) is 13.1. The Labute approximate surface area is 155 Å². The van der Waals surface area contributed by atoms with Gasteiger partial charge in [-0.3, -0.25) is 9.59 Å². The number of nitrogens with one attached hydrogen (secondary N) is 1. The predicted octanol–water partition coefficient (Wildman–Crippen LogP) is 3.62. The predicted molar refractivity (Wildman–Crippen MR) is 97.5 cm³/mol. The fraction of sp³-hybridized carbons (Fsp3) is 0.143. The highest BCUT2D eigenvalue weighted by molar-refractivity contribution is 6.00. The van der Waals surface area contributed by atoms with Crippen molar-refractivity contribution in [3.63, 3.8) is 0 Å². The van der Waals surface area contributed by atoms with Gasteiger partial charge in [0.1, 0.15) is 11.9 Å². The second-order valence-corrected chi connectivity index (χ2v) is 6.40. The zero-order valence-corrected chi connectivity index (χ0v) is 14.4. The summed E-state index contributed by atoms with van der Waals surface area (Å²) in [5.41, 5.74) is 2.51. The maximum atomic E-state index is 13.1. The van der Waals surface area contributed by atoms with Crippen LogP contribution in [0.4, 0.5) is 10.1 Å². The van der Waals surface area contributed by atoms with E-state index in [1.165, 1.54) is 35.4 Å². The number of hydrogen-bond acceptors (Lipinski definition) is 3. The van der Waals surface area contributed by atoms with Crippen LogP contribution in [0.25, 0.3) is 0 Å². The minimum absolute atomic E-state index is 0.189. The topological polar surface area (TPSA) is 62.6 Å². The van der Waals surface area contributed by atoms with E-state index in [9.17, 15) is 14.0 Å². The van der Waals surface area contributed by atoms with Gasteiger partial charge in [-0.25, -0.2) is 4.39 Å². The molecule has 3 aromatic rings. The normalized spacial score (nSPS) is 15.9. The summed E-state index contributed by atoms with van der Waals surface area (Å²) >= 11 is 0. The van der Waals surface area contributed by atoms with Crippen LogP contribution in [0.15, 0.2) is 71.3 Å². The molecule has 4 rings (SSSR count). The maximum absolute atomic E-state index is 13.1. The van der Waals surface area contributed by atoms with E-state index in [1.807, 2.05) is 24.3 Å². The summed E-state index contributed by atoms with van der Waals surface area (Å²) in [6.07, 6.45) is 1.83. The Kier molecular flexibility index (Phi) is 4.46. The van der Waals surface area contributed by atoms with Crippen molar-refractivity contribution in [1.29, 1.82) is 0 Å². The lowest BCUT2D eigenvalue weighted by molar-refractivity contribution is -0.121. The molecule has 0 radical (unpaired) electrons. The number of halogens is 1. The van der Waals surface area contributed by atoms with Gasteiger partial charge in [-0.1, -0.05) is 24.3 Å². The molecule has 1 aliphatic rings. The molecule has 27 heavy (non-hydrogen) atoms. The number of amides is 2. The van der Waals surface area contributed by atoms with E-state index in [4.69, 9.17) is 4.42 Å². The number of fused-ring (bicyclic) bond motifs is 1. The van der Waals surface area contributed by atoms with Gasteiger partial charge in [-0.05, 0) is 47.5 Å². The Hall–Kier alpha value is -3.41. The molecule has 2 heterocycles. The zero-order valence-electron chi connectivity index (χ0n) is 14.4. The van der Waals surface area contributed by atoms with Crippen molar-refractivity contribution >= 4 is 17.5 Å². The van der Waals surface area contributed by atoms with E-state index in [1.54, 1.807) is 12.1 Å². The average molecular weight is 364 g/mol. The van der Waals surface area contributed by atoms with Crippen molar-refractivity contribution in [2.75, 3.05) is 5.32 Å². The highest BCUT2D eigenvalue weighted by atomic mass is 19.1. The van der Waals surface area contributed by atoms with E-state index in [2.05, 4.69) is 5.32 Å². The van der Waals surface area contributed by atoms with Gasteiger partial charge in [-0.15, -0.1) is 0 Å². The van der Waals surface area contributed by atoms with Gasteiger partial charge in [0.05, 0.1) is 6.26 Å². The van der Waals surface area contributed by atoms with Crippen LogP contribution in [-0.2, 0) is 17.8 Å². The molecule has 0 saturated carbocycles. The summed E-state index contributed by atoms with van der Waals surface area (Å²) < 4.78 is 18.3. The monoisotopic (exact) mass is 364 g/mol. The molecule has 0 fully saturated rings. The number of furan rings is 1. The summed E-state index contributed by atoms with van der Waals surface area (Å²) in [6.45, 7) is 0.317. The van der Waals surface area contributed by atoms with Gasteiger partial charge in [0, 0.05) is 18.7 Å². The molecule has 136 valence electrons. The highest BCUT2D eigenvalue weighted by Gasteiger charge is 2.35. The molecular formula is C21H17FN2O3. The Bertz CT molecular complexity index is 967. The molecule has 0 aliphatic carbocycles. The minimum atomic E-state index is -0.692. The first kappa shape index (κ1) is 17.0. The Morgan fingerprint density at radius 3 is 2.44 bits per heavy atom. The number of hydrogen-bond donors (Lipinski definition) is 1. The third kappa shape index (κ3) is 3.46. The SMILES string of the molecule is O=C(Nc1ccc(F)cc1)[C@@H]1Cc2ccccc2CN1C(=O)c1ccco1. The molecule has 1 N–H and O–H groups in total. The first-order valence-electron chi connectivity index (χ1n) is 8.59. The van der Waals surface area contributed by atoms with Crippen LogP contribution >= 0.6 is 0 Å². The second kappa shape index (κ2) is 7.07. The third-order valence-electron chi connectivity index (χ3n) is 4.66. The molecule has 2 amide bonds. The quantitative estimate of drug-likeness (QED) is 0.772. The molecule has 0 unspecified atom stereocenters. The van der Waals surface area contributed by atoms with Crippen LogP contribution in [0.1, 0.15) is 21.7 Å². The lowest BCUT2D eigenvalue weighted by atomic mass is 9.93. The summed E-state index contributed by atoms with van der Waals surface area (Å²) in [7, 11) is 0. The fourth-order valence-corrected chi connectivity index (χ4v) is 3.27. The molecule has 1 aliphatic heterocycles. The Morgan fingerprint density at radius 1 is 1.00 bits per heavy atom. The number of carbonyl (C=O) groups excluding carboxylic acids is 2. The van der Waals surface area contributed by atoms with Crippen molar-refractivity contribution in [1.82, 2.24) is 4.90 Å². The van der Waals surface area contributed by atoms with Crippen LogP contribution in [0.5, 0.6) is 0 Å². The molecule has 6 heteroatoms. The van der Waals surface area contributed by atoms with Gasteiger partial charge >= 0.3 is 0 Å². The number of anilines is 1. The zero-order chi connectivity index (χ0) is 18.8. The molecule has 1 aromatic heterocycles. The van der Waals surface area contributed by atoms with Gasteiger partial charge in [0.25, 0.3) is 5.91 Å². The lowest BCUT2D eigenvalue weighted by Crippen LogP contribution is -2.50. The molecule has 0 bridgehead atoms. The van der Waals surface area contributed by atoms with Gasteiger partial charge in [0.2, 0.25) is 5.91 Å². The number of carbonyl (C=O) groups is 2. The van der Waals surface area contributed by atoms with Crippen molar-refractivity contribution in [3.8, 4) is 0 Å². The fourth-order valence-electron chi connectivity index (χ4n) is 3.27. The molecule has 0 spiro atoms. The standard InChI is InChI=1S/C21H17FN2O3/c22-16-7-9-17(10-8-16)23-20(25)18-12-14-4-1-2-5-15(14)13-24(18)21(26)19-6-3-11-27-19/h1-11,18H,12-13H2,(H,23,25)/t18-/m0/s1. The first-order valence-corrected chi connectivity index (χ1v) is 8.59.